The normalized spacial score (nSPS) is 11.3. The van der Waals surface area contributed by atoms with Gasteiger partial charge in [0.25, 0.3) is 0 Å². The van der Waals surface area contributed by atoms with Gasteiger partial charge in [0.05, 0.1) is 40.2 Å². The van der Waals surface area contributed by atoms with Crippen LogP contribution >= 0.6 is 0 Å². The Morgan fingerprint density at radius 1 is 0.667 bits per heavy atom. The quantitative estimate of drug-likeness (QED) is 0.249. The van der Waals surface area contributed by atoms with Crippen LogP contribution in [0.2, 0.25) is 0 Å². The first-order chi connectivity index (χ1) is 17.8. The Balaban J connectivity index is 1.57. The molecule has 168 valence electrons. The summed E-state index contributed by atoms with van der Waals surface area (Å²) in [4.78, 5) is 6.61. The molecule has 7 aromatic rings. The van der Waals surface area contributed by atoms with Crippen LogP contribution in [0.25, 0.3) is 38.3 Å². The van der Waals surface area contributed by atoms with Crippen LogP contribution in [0.15, 0.2) is 122 Å². The molecule has 4 nitrogen and oxygen atoms in total. The fourth-order valence-corrected chi connectivity index (χ4v) is 5.32. The third kappa shape index (κ3) is 2.97. The summed E-state index contributed by atoms with van der Waals surface area (Å²) in [6.07, 6.45) is 3.66. The predicted molar refractivity (Wildman–Crippen MR) is 147 cm³/mol. The lowest BCUT2D eigenvalue weighted by molar-refractivity contribution is 1.18. The van der Waals surface area contributed by atoms with Crippen molar-refractivity contribution in [1.29, 1.82) is 5.26 Å². The first-order valence-corrected chi connectivity index (χ1v) is 11.9. The molecule has 0 aliphatic rings. The van der Waals surface area contributed by atoms with Gasteiger partial charge in [0.15, 0.2) is 0 Å². The van der Waals surface area contributed by atoms with Crippen LogP contribution in [0, 0.1) is 11.3 Å². The van der Waals surface area contributed by atoms with Gasteiger partial charge in [-0.15, -0.1) is 0 Å². The largest absolute Gasteiger partial charge is 0.309 e. The van der Waals surface area contributed by atoms with E-state index in [0.717, 1.165) is 22.7 Å². The van der Waals surface area contributed by atoms with Crippen molar-refractivity contribution in [2.24, 2.45) is 0 Å². The summed E-state index contributed by atoms with van der Waals surface area (Å²) in [6.45, 7) is 0. The summed E-state index contributed by atoms with van der Waals surface area (Å²) >= 11 is 0. The molecule has 0 aliphatic heterocycles. The van der Waals surface area contributed by atoms with Crippen molar-refractivity contribution in [1.82, 2.24) is 9.55 Å². The van der Waals surface area contributed by atoms with E-state index in [2.05, 4.69) is 99.4 Å². The Morgan fingerprint density at radius 2 is 1.50 bits per heavy atom. The molecule has 5 aromatic carbocycles. The second-order valence-corrected chi connectivity index (χ2v) is 8.84. The van der Waals surface area contributed by atoms with E-state index in [1.807, 2.05) is 36.5 Å². The lowest BCUT2D eigenvalue weighted by Gasteiger charge is -2.26. The van der Waals surface area contributed by atoms with Crippen molar-refractivity contribution in [2.45, 2.75) is 0 Å². The maximum atomic E-state index is 9.32. The van der Waals surface area contributed by atoms with E-state index in [1.54, 1.807) is 6.20 Å². The molecule has 0 aliphatic carbocycles. The number of benzene rings is 5. The highest BCUT2D eigenvalue weighted by atomic mass is 15.1. The van der Waals surface area contributed by atoms with E-state index in [1.165, 1.54) is 32.6 Å². The van der Waals surface area contributed by atoms with Crippen molar-refractivity contribution < 1.29 is 0 Å². The minimum atomic E-state index is 0.636. The molecule has 0 N–H and O–H groups in total. The molecule has 0 spiro atoms. The summed E-state index contributed by atoms with van der Waals surface area (Å²) in [5.74, 6) is 0. The number of hydrogen-bond donors (Lipinski definition) is 0. The number of para-hydroxylation sites is 1. The van der Waals surface area contributed by atoms with E-state index in [0.29, 0.717) is 5.56 Å². The Kier molecular flexibility index (Phi) is 4.48. The summed E-state index contributed by atoms with van der Waals surface area (Å²) in [7, 11) is 0. The highest BCUT2D eigenvalue weighted by molar-refractivity contribution is 6.26. The monoisotopic (exact) mass is 460 g/mol. The molecule has 2 aromatic heterocycles. The van der Waals surface area contributed by atoms with Gasteiger partial charge >= 0.3 is 0 Å². The molecular formula is C32H20N4. The van der Waals surface area contributed by atoms with Crippen molar-refractivity contribution in [2.75, 3.05) is 4.90 Å². The number of nitrogens with zero attached hydrogens (tertiary/aromatic N) is 4. The van der Waals surface area contributed by atoms with Crippen LogP contribution in [0.4, 0.5) is 17.1 Å². The number of rotatable bonds is 4. The second kappa shape index (κ2) is 7.97. The van der Waals surface area contributed by atoms with Gasteiger partial charge in [-0.25, -0.2) is 0 Å². The smallest absolute Gasteiger partial charge is 0.0991 e. The van der Waals surface area contributed by atoms with E-state index in [4.69, 9.17) is 0 Å². The van der Waals surface area contributed by atoms with Gasteiger partial charge in [0.1, 0.15) is 0 Å². The molecule has 36 heavy (non-hydrogen) atoms. The van der Waals surface area contributed by atoms with Crippen molar-refractivity contribution in [3.05, 3.63) is 127 Å². The van der Waals surface area contributed by atoms with Crippen LogP contribution in [-0.4, -0.2) is 9.55 Å². The topological polar surface area (TPSA) is 44.9 Å². The second-order valence-electron chi connectivity index (χ2n) is 8.84. The number of nitriles is 1. The highest BCUT2D eigenvalue weighted by Gasteiger charge is 2.21. The molecule has 0 amide bonds. The van der Waals surface area contributed by atoms with Gasteiger partial charge in [0.2, 0.25) is 0 Å². The van der Waals surface area contributed by atoms with Gasteiger partial charge in [-0.3, -0.25) is 4.98 Å². The zero-order chi connectivity index (χ0) is 24.1. The molecule has 2 heterocycles. The van der Waals surface area contributed by atoms with Crippen LogP contribution in [0.5, 0.6) is 0 Å². The number of pyridine rings is 1. The average molecular weight is 461 g/mol. The predicted octanol–water partition coefficient (Wildman–Crippen LogP) is 8.11. The minimum Gasteiger partial charge on any atom is -0.309 e. The van der Waals surface area contributed by atoms with Gasteiger partial charge in [-0.2, -0.15) is 5.26 Å². The summed E-state index contributed by atoms with van der Waals surface area (Å²) < 4.78 is 2.35. The molecule has 4 heteroatoms. The maximum absolute atomic E-state index is 9.32. The Morgan fingerprint density at radius 3 is 2.28 bits per heavy atom. The van der Waals surface area contributed by atoms with Gasteiger partial charge in [-0.05, 0) is 72.1 Å². The van der Waals surface area contributed by atoms with Crippen molar-refractivity contribution in [3.63, 3.8) is 0 Å². The van der Waals surface area contributed by atoms with Crippen LogP contribution in [0.3, 0.4) is 0 Å². The van der Waals surface area contributed by atoms with E-state index < -0.39 is 0 Å². The van der Waals surface area contributed by atoms with Crippen LogP contribution < -0.4 is 4.90 Å². The van der Waals surface area contributed by atoms with Crippen LogP contribution in [0.1, 0.15) is 5.56 Å². The summed E-state index contributed by atoms with van der Waals surface area (Å²) in [6, 6.07) is 39.8. The zero-order valence-electron chi connectivity index (χ0n) is 19.3. The lowest BCUT2D eigenvalue weighted by atomic mass is 10.00. The molecule has 0 saturated carbocycles. The minimum absolute atomic E-state index is 0.636. The fraction of sp³-hybridized carbons (Fsp3) is 0. The lowest BCUT2D eigenvalue weighted by Crippen LogP contribution is -2.10. The molecule has 0 fully saturated rings. The van der Waals surface area contributed by atoms with Gasteiger partial charge in [-0.1, -0.05) is 42.5 Å². The van der Waals surface area contributed by atoms with Crippen molar-refractivity contribution >= 4 is 49.6 Å². The Labute approximate surface area is 208 Å². The fourth-order valence-electron chi connectivity index (χ4n) is 5.32. The SMILES string of the molecule is N#Cc1ccc(N(c2cccnc2)c2ccc3c4c2ccc2cccc(c24)n3-c2ccccc2)cc1. The van der Waals surface area contributed by atoms with E-state index in [-0.39, 0.29) is 0 Å². The van der Waals surface area contributed by atoms with Gasteiger partial charge in [0, 0.05) is 33.7 Å². The highest BCUT2D eigenvalue weighted by Crippen LogP contribution is 2.45. The molecule has 0 bridgehead atoms. The summed E-state index contributed by atoms with van der Waals surface area (Å²) in [5.41, 5.74) is 7.16. The third-order valence-corrected chi connectivity index (χ3v) is 6.85. The molecule has 7 rings (SSSR count). The molecule has 0 radical (unpaired) electrons. The molecule has 0 saturated heterocycles. The first kappa shape index (κ1) is 20.3. The summed E-state index contributed by atoms with van der Waals surface area (Å²) in [5, 5.41) is 14.2. The van der Waals surface area contributed by atoms with Crippen molar-refractivity contribution in [3.8, 4) is 11.8 Å². The number of aromatic nitrogens is 2. The molecular weight excluding hydrogens is 440 g/mol. The third-order valence-electron chi connectivity index (χ3n) is 6.85. The Bertz CT molecular complexity index is 1880. The molecule has 0 atom stereocenters. The molecule has 0 unspecified atom stereocenters. The zero-order valence-corrected chi connectivity index (χ0v) is 19.3. The van der Waals surface area contributed by atoms with E-state index >= 15 is 0 Å². The maximum Gasteiger partial charge on any atom is 0.0991 e. The average Bonchev–Trinajstić information content (AvgIpc) is 3.29. The van der Waals surface area contributed by atoms with Gasteiger partial charge < -0.3 is 9.47 Å². The first-order valence-electron chi connectivity index (χ1n) is 11.9. The number of hydrogen-bond acceptors (Lipinski definition) is 3. The van der Waals surface area contributed by atoms with Crippen LogP contribution in [-0.2, 0) is 0 Å². The standard InChI is InChI=1S/C32H20N4/c33-20-22-11-14-25(15-12-22)35(26-9-5-19-34-21-26)28-17-18-30-32-27(28)16-13-23-6-4-10-29(31(23)32)36(30)24-7-2-1-3-8-24/h1-19,21H. The van der Waals surface area contributed by atoms with E-state index in [9.17, 15) is 5.26 Å². The number of anilines is 3. The Hall–Kier alpha value is -5.14.